The van der Waals surface area contributed by atoms with Crippen LogP contribution in [0.15, 0.2) is 77.6 Å². The molecule has 5 heteroatoms. The zero-order chi connectivity index (χ0) is 23.4. The number of nitrogens with zero attached hydrogens (tertiary/aromatic N) is 3. The van der Waals surface area contributed by atoms with Crippen molar-refractivity contribution in [3.05, 3.63) is 95.5 Å². The molecule has 0 saturated heterocycles. The van der Waals surface area contributed by atoms with Gasteiger partial charge in [0.2, 0.25) is 0 Å². The largest absolute Gasteiger partial charge is 0.361 e. The third kappa shape index (κ3) is 4.91. The van der Waals surface area contributed by atoms with E-state index in [-0.39, 0.29) is 17.6 Å². The van der Waals surface area contributed by atoms with Crippen LogP contribution in [0.2, 0.25) is 0 Å². The summed E-state index contributed by atoms with van der Waals surface area (Å²) in [5.74, 6) is 1.04. The number of carbonyl (C=O) groups is 1. The summed E-state index contributed by atoms with van der Waals surface area (Å²) in [6.07, 6.45) is 3.88. The summed E-state index contributed by atoms with van der Waals surface area (Å²) < 4.78 is 5.50. The molecule has 0 fully saturated rings. The number of ketones is 1. The van der Waals surface area contributed by atoms with Crippen LogP contribution in [0, 0.1) is 11.3 Å². The molecule has 2 heterocycles. The highest BCUT2D eigenvalue weighted by molar-refractivity contribution is 5.99. The number of aromatic nitrogens is 2. The number of carbonyl (C=O) groups excluding carboxylic acids is 1. The Morgan fingerprint density at radius 3 is 2.52 bits per heavy atom. The summed E-state index contributed by atoms with van der Waals surface area (Å²) in [5, 5.41) is 13.8. The fraction of sp³-hybridized carbons (Fsp3) is 0.214. The summed E-state index contributed by atoms with van der Waals surface area (Å²) in [6.45, 7) is 6.11. The van der Waals surface area contributed by atoms with Gasteiger partial charge in [-0.25, -0.2) is 0 Å². The van der Waals surface area contributed by atoms with Gasteiger partial charge in [0.25, 0.3) is 0 Å². The topological polar surface area (TPSA) is 79.8 Å². The molecule has 5 nitrogen and oxygen atoms in total. The van der Waals surface area contributed by atoms with Crippen molar-refractivity contribution in [1.82, 2.24) is 10.1 Å². The molecule has 1 atom stereocenters. The maximum atomic E-state index is 13.3. The minimum absolute atomic E-state index is 0.0245. The molecule has 0 aliphatic rings. The number of pyridine rings is 1. The molecular weight excluding hydrogens is 410 g/mol. The quantitative estimate of drug-likeness (QED) is 0.299. The molecule has 1 unspecified atom stereocenters. The third-order valence-electron chi connectivity index (χ3n) is 5.75. The molecule has 0 amide bonds. The molecular formula is C28H25N3O2. The number of hydrogen-bond donors (Lipinski definition) is 0. The molecule has 0 N–H and O–H groups in total. The molecule has 0 aliphatic heterocycles. The Kier molecular flexibility index (Phi) is 6.46. The number of benzene rings is 2. The van der Waals surface area contributed by atoms with Gasteiger partial charge in [0, 0.05) is 41.9 Å². The lowest BCUT2D eigenvalue weighted by Gasteiger charge is -2.13. The highest BCUT2D eigenvalue weighted by Gasteiger charge is 2.18. The van der Waals surface area contributed by atoms with Gasteiger partial charge in [-0.1, -0.05) is 50.2 Å². The maximum absolute atomic E-state index is 13.3. The van der Waals surface area contributed by atoms with E-state index in [1.807, 2.05) is 75.4 Å². The lowest BCUT2D eigenvalue weighted by molar-refractivity contribution is 0.0975. The Balaban J connectivity index is 1.77. The van der Waals surface area contributed by atoms with Crippen LogP contribution >= 0.6 is 0 Å². The molecule has 0 bridgehead atoms. The average Bonchev–Trinajstić information content (AvgIpc) is 3.35. The van der Waals surface area contributed by atoms with Crippen molar-refractivity contribution >= 4 is 5.78 Å². The van der Waals surface area contributed by atoms with Crippen LogP contribution in [-0.2, 0) is 0 Å². The van der Waals surface area contributed by atoms with Crippen LogP contribution in [0.25, 0.3) is 22.4 Å². The summed E-state index contributed by atoms with van der Waals surface area (Å²) in [7, 11) is 0. The van der Waals surface area contributed by atoms with E-state index in [4.69, 9.17) is 4.52 Å². The van der Waals surface area contributed by atoms with Crippen LogP contribution in [-0.4, -0.2) is 15.9 Å². The Morgan fingerprint density at radius 1 is 1.03 bits per heavy atom. The van der Waals surface area contributed by atoms with Gasteiger partial charge in [-0.3, -0.25) is 9.78 Å². The van der Waals surface area contributed by atoms with E-state index >= 15 is 0 Å². The molecule has 4 rings (SSSR count). The monoisotopic (exact) mass is 435 g/mol. The predicted octanol–water partition coefficient (Wildman–Crippen LogP) is 6.78. The second kappa shape index (κ2) is 9.62. The third-order valence-corrected chi connectivity index (χ3v) is 5.75. The molecule has 2 aromatic heterocycles. The molecule has 33 heavy (non-hydrogen) atoms. The van der Waals surface area contributed by atoms with Crippen LogP contribution in [0.5, 0.6) is 0 Å². The van der Waals surface area contributed by atoms with Gasteiger partial charge in [0.15, 0.2) is 5.78 Å². The zero-order valence-electron chi connectivity index (χ0n) is 18.9. The number of hydrogen-bond acceptors (Lipinski definition) is 5. The number of rotatable bonds is 7. The van der Waals surface area contributed by atoms with Crippen molar-refractivity contribution < 1.29 is 9.32 Å². The van der Waals surface area contributed by atoms with Gasteiger partial charge in [-0.15, -0.1) is 0 Å². The molecule has 0 saturated carbocycles. The highest BCUT2D eigenvalue weighted by Crippen LogP contribution is 2.32. The Labute approximate surface area is 193 Å². The van der Waals surface area contributed by atoms with Gasteiger partial charge >= 0.3 is 0 Å². The molecule has 4 aromatic rings. The van der Waals surface area contributed by atoms with Crippen molar-refractivity contribution in [2.75, 3.05) is 0 Å². The number of Topliss-reactive ketones (excluding diaryl/α,β-unsaturated/α-hetero) is 1. The smallest absolute Gasteiger partial charge is 0.163 e. The minimum Gasteiger partial charge on any atom is -0.361 e. The number of nitriles is 1. The summed E-state index contributed by atoms with van der Waals surface area (Å²) in [6, 6.07) is 21.1. The van der Waals surface area contributed by atoms with Crippen LogP contribution in [0.4, 0.5) is 0 Å². The molecule has 164 valence electrons. The highest BCUT2D eigenvalue weighted by atomic mass is 16.5. The fourth-order valence-corrected chi connectivity index (χ4v) is 3.80. The summed E-state index contributed by atoms with van der Waals surface area (Å²) >= 11 is 0. The van der Waals surface area contributed by atoms with Crippen molar-refractivity contribution in [2.24, 2.45) is 0 Å². The Morgan fingerprint density at radius 2 is 1.82 bits per heavy atom. The first-order valence-corrected chi connectivity index (χ1v) is 11.0. The van der Waals surface area contributed by atoms with Gasteiger partial charge in [-0.05, 0) is 52.9 Å². The van der Waals surface area contributed by atoms with Gasteiger partial charge in [-0.2, -0.15) is 5.26 Å². The first-order chi connectivity index (χ1) is 16.0. The zero-order valence-corrected chi connectivity index (χ0v) is 18.9. The van der Waals surface area contributed by atoms with E-state index in [1.54, 1.807) is 18.5 Å². The maximum Gasteiger partial charge on any atom is 0.163 e. The molecule has 0 radical (unpaired) electrons. The SMILES string of the molecule is CC(C)c1cc(-c2cc(C(=O)CC(C)c3cccnc3)cc(-c3ccccc3C#N)c2)no1. The minimum atomic E-state index is 0.0245. The lowest BCUT2D eigenvalue weighted by atomic mass is 9.90. The van der Waals surface area contributed by atoms with Crippen LogP contribution < -0.4 is 0 Å². The van der Waals surface area contributed by atoms with E-state index in [0.717, 1.165) is 28.0 Å². The van der Waals surface area contributed by atoms with Crippen LogP contribution in [0.1, 0.15) is 66.3 Å². The summed E-state index contributed by atoms with van der Waals surface area (Å²) in [5.41, 5.74) is 5.20. The average molecular weight is 436 g/mol. The van der Waals surface area contributed by atoms with E-state index in [0.29, 0.717) is 23.2 Å². The van der Waals surface area contributed by atoms with Crippen molar-refractivity contribution in [2.45, 2.75) is 39.0 Å². The first-order valence-electron chi connectivity index (χ1n) is 11.0. The second-order valence-corrected chi connectivity index (χ2v) is 8.54. The van der Waals surface area contributed by atoms with Crippen LogP contribution in [0.3, 0.4) is 0 Å². The molecule has 2 aromatic carbocycles. The Bertz CT molecular complexity index is 1320. The summed E-state index contributed by atoms with van der Waals surface area (Å²) in [4.78, 5) is 17.5. The van der Waals surface area contributed by atoms with Gasteiger partial charge < -0.3 is 4.52 Å². The normalized spacial score (nSPS) is 11.8. The molecule has 0 spiro atoms. The Hall–Kier alpha value is -4.04. The van der Waals surface area contributed by atoms with E-state index in [2.05, 4.69) is 16.2 Å². The first kappa shape index (κ1) is 22.2. The van der Waals surface area contributed by atoms with E-state index in [9.17, 15) is 10.1 Å². The van der Waals surface area contributed by atoms with Crippen molar-refractivity contribution in [1.29, 1.82) is 5.26 Å². The van der Waals surface area contributed by atoms with Gasteiger partial charge in [0.05, 0.1) is 11.6 Å². The lowest BCUT2D eigenvalue weighted by Crippen LogP contribution is -2.06. The second-order valence-electron chi connectivity index (χ2n) is 8.54. The van der Waals surface area contributed by atoms with Crippen molar-refractivity contribution in [3.63, 3.8) is 0 Å². The van der Waals surface area contributed by atoms with E-state index < -0.39 is 0 Å². The standard InChI is InChI=1S/C28H25N3O2/c1-18(2)28-15-26(31-33-28)23-12-22(25-9-5-4-7-20(25)16-29)13-24(14-23)27(32)11-19(3)21-8-6-10-30-17-21/h4-10,12-15,17-19H,11H2,1-3H3. The van der Waals surface area contributed by atoms with Crippen molar-refractivity contribution in [3.8, 4) is 28.5 Å². The van der Waals surface area contributed by atoms with Gasteiger partial charge in [0.1, 0.15) is 11.5 Å². The molecule has 0 aliphatic carbocycles. The fourth-order valence-electron chi connectivity index (χ4n) is 3.80. The predicted molar refractivity (Wildman–Crippen MR) is 128 cm³/mol. The van der Waals surface area contributed by atoms with E-state index in [1.165, 1.54) is 0 Å².